The number of thiophene rings is 1. The monoisotopic (exact) mass is 266 g/mol. The van der Waals surface area contributed by atoms with Gasteiger partial charge in [0.2, 0.25) is 11.9 Å². The first-order valence-electron chi connectivity index (χ1n) is 5.33. The van der Waals surface area contributed by atoms with Crippen molar-refractivity contribution in [1.82, 2.24) is 15.0 Å². The molecule has 0 aliphatic rings. The Bertz CT molecular complexity index is 467. The van der Waals surface area contributed by atoms with E-state index in [1.807, 2.05) is 0 Å². The van der Waals surface area contributed by atoms with Crippen LogP contribution in [0.1, 0.15) is 5.56 Å². The summed E-state index contributed by atoms with van der Waals surface area (Å²) < 4.78 is 4.95. The van der Waals surface area contributed by atoms with Crippen LogP contribution >= 0.6 is 11.3 Å². The Morgan fingerprint density at radius 3 is 2.83 bits per heavy atom. The lowest BCUT2D eigenvalue weighted by Gasteiger charge is -2.07. The number of aromatic nitrogens is 3. The van der Waals surface area contributed by atoms with Gasteiger partial charge in [0.25, 0.3) is 0 Å². The van der Waals surface area contributed by atoms with E-state index in [1.165, 1.54) is 12.7 Å². The molecule has 2 heterocycles. The molecule has 0 saturated carbocycles. The molecule has 0 aliphatic heterocycles. The average Bonchev–Trinajstić information content (AvgIpc) is 2.91. The molecule has 0 amide bonds. The second kappa shape index (κ2) is 6.12. The van der Waals surface area contributed by atoms with Crippen molar-refractivity contribution in [2.45, 2.75) is 6.42 Å². The number of anilines is 2. The quantitative estimate of drug-likeness (QED) is 0.527. The molecule has 0 saturated heterocycles. The first-order valence-corrected chi connectivity index (χ1v) is 6.27. The maximum absolute atomic E-state index is 5.26. The molecular weight excluding hydrogens is 252 g/mol. The number of methoxy groups -OCH3 is 1. The van der Waals surface area contributed by atoms with Crippen molar-refractivity contribution in [3.8, 4) is 6.01 Å². The Hall–Kier alpha value is -1.93. The summed E-state index contributed by atoms with van der Waals surface area (Å²) in [4.78, 5) is 12.1. The van der Waals surface area contributed by atoms with E-state index in [0.29, 0.717) is 5.95 Å². The summed E-state index contributed by atoms with van der Waals surface area (Å²) in [5, 5.41) is 7.27. The van der Waals surface area contributed by atoms with E-state index in [4.69, 9.17) is 10.6 Å². The van der Waals surface area contributed by atoms with Crippen LogP contribution in [0.2, 0.25) is 0 Å². The summed E-state index contributed by atoms with van der Waals surface area (Å²) in [6.07, 6.45) is 0.906. The minimum atomic E-state index is 0.219. The molecule has 2 aromatic rings. The largest absolute Gasteiger partial charge is 0.467 e. The predicted octanol–water partition coefficient (Wildman–Crippen LogP) is 0.882. The first-order chi connectivity index (χ1) is 8.81. The second-order valence-electron chi connectivity index (χ2n) is 3.42. The van der Waals surface area contributed by atoms with Gasteiger partial charge in [-0.2, -0.15) is 26.3 Å². The van der Waals surface area contributed by atoms with Crippen LogP contribution in [0.4, 0.5) is 11.9 Å². The van der Waals surface area contributed by atoms with Gasteiger partial charge in [-0.15, -0.1) is 0 Å². The van der Waals surface area contributed by atoms with Crippen LogP contribution in [-0.2, 0) is 6.42 Å². The number of hydrazine groups is 1. The van der Waals surface area contributed by atoms with E-state index in [1.54, 1.807) is 11.3 Å². The van der Waals surface area contributed by atoms with Gasteiger partial charge in [0.05, 0.1) is 7.11 Å². The third kappa shape index (κ3) is 3.28. The highest BCUT2D eigenvalue weighted by Crippen LogP contribution is 2.10. The van der Waals surface area contributed by atoms with Crippen molar-refractivity contribution in [2.24, 2.45) is 5.84 Å². The number of ether oxygens (including phenoxy) is 1. The number of nitrogens with two attached hydrogens (primary N) is 1. The fourth-order valence-corrected chi connectivity index (χ4v) is 2.05. The van der Waals surface area contributed by atoms with Gasteiger partial charge in [-0.05, 0) is 28.8 Å². The number of hydrogen-bond donors (Lipinski definition) is 3. The molecule has 0 spiro atoms. The highest BCUT2D eigenvalue weighted by molar-refractivity contribution is 7.07. The molecule has 0 atom stereocenters. The first kappa shape index (κ1) is 12.5. The van der Waals surface area contributed by atoms with Crippen LogP contribution in [0.5, 0.6) is 6.01 Å². The van der Waals surface area contributed by atoms with Crippen molar-refractivity contribution >= 4 is 23.2 Å². The SMILES string of the molecule is COc1nc(NN)nc(NCCc2ccsc2)n1. The van der Waals surface area contributed by atoms with Crippen LogP contribution in [0.15, 0.2) is 16.8 Å². The minimum absolute atomic E-state index is 0.219. The van der Waals surface area contributed by atoms with E-state index in [0.717, 1.165) is 13.0 Å². The average molecular weight is 266 g/mol. The van der Waals surface area contributed by atoms with E-state index < -0.39 is 0 Å². The summed E-state index contributed by atoms with van der Waals surface area (Å²) in [6, 6.07) is 2.31. The fourth-order valence-electron chi connectivity index (χ4n) is 1.34. The Morgan fingerprint density at radius 2 is 2.17 bits per heavy atom. The predicted molar refractivity (Wildman–Crippen MR) is 70.7 cm³/mol. The second-order valence-corrected chi connectivity index (χ2v) is 4.20. The third-order valence-electron chi connectivity index (χ3n) is 2.20. The van der Waals surface area contributed by atoms with Gasteiger partial charge in [0, 0.05) is 6.54 Å². The minimum Gasteiger partial charge on any atom is -0.467 e. The molecule has 96 valence electrons. The van der Waals surface area contributed by atoms with Gasteiger partial charge in [0.1, 0.15) is 0 Å². The maximum Gasteiger partial charge on any atom is 0.322 e. The number of nitrogens with zero attached hydrogens (tertiary/aromatic N) is 3. The summed E-state index contributed by atoms with van der Waals surface area (Å²) in [6.45, 7) is 0.730. The summed E-state index contributed by atoms with van der Waals surface area (Å²) in [5.41, 5.74) is 3.65. The lowest BCUT2D eigenvalue weighted by molar-refractivity contribution is 0.379. The zero-order valence-corrected chi connectivity index (χ0v) is 10.7. The van der Waals surface area contributed by atoms with Gasteiger partial charge in [0.15, 0.2) is 0 Å². The zero-order chi connectivity index (χ0) is 12.8. The molecule has 2 aromatic heterocycles. The molecular formula is C10H14N6OS. The molecule has 0 aliphatic carbocycles. The van der Waals surface area contributed by atoms with Crippen molar-refractivity contribution < 1.29 is 4.74 Å². The van der Waals surface area contributed by atoms with E-state index in [-0.39, 0.29) is 12.0 Å². The number of rotatable bonds is 6. The van der Waals surface area contributed by atoms with Gasteiger partial charge in [-0.25, -0.2) is 5.84 Å². The molecule has 7 nitrogen and oxygen atoms in total. The van der Waals surface area contributed by atoms with Crippen LogP contribution in [-0.4, -0.2) is 28.6 Å². The zero-order valence-electron chi connectivity index (χ0n) is 9.88. The maximum atomic E-state index is 5.26. The highest BCUT2D eigenvalue weighted by atomic mass is 32.1. The molecule has 0 aromatic carbocycles. The Labute approximate surface area is 108 Å². The van der Waals surface area contributed by atoms with Gasteiger partial charge in [-0.3, -0.25) is 5.43 Å². The van der Waals surface area contributed by atoms with Crippen molar-refractivity contribution in [1.29, 1.82) is 0 Å². The highest BCUT2D eigenvalue weighted by Gasteiger charge is 2.05. The summed E-state index contributed by atoms with van der Waals surface area (Å²) in [7, 11) is 1.49. The van der Waals surface area contributed by atoms with Crippen LogP contribution in [0, 0.1) is 0 Å². The normalized spacial score (nSPS) is 10.1. The van der Waals surface area contributed by atoms with Gasteiger partial charge in [-0.1, -0.05) is 0 Å². The molecule has 0 bridgehead atoms. The fraction of sp³-hybridized carbons (Fsp3) is 0.300. The van der Waals surface area contributed by atoms with E-state index in [2.05, 4.69) is 42.5 Å². The molecule has 2 rings (SSSR count). The number of hydrogen-bond acceptors (Lipinski definition) is 8. The Kier molecular flexibility index (Phi) is 4.26. The molecule has 0 radical (unpaired) electrons. The van der Waals surface area contributed by atoms with Crippen LogP contribution in [0.3, 0.4) is 0 Å². The van der Waals surface area contributed by atoms with Crippen molar-refractivity contribution in [2.75, 3.05) is 24.4 Å². The Morgan fingerprint density at radius 1 is 1.33 bits per heavy atom. The molecule has 0 fully saturated rings. The van der Waals surface area contributed by atoms with E-state index >= 15 is 0 Å². The topological polar surface area (TPSA) is 98.0 Å². The van der Waals surface area contributed by atoms with Crippen molar-refractivity contribution in [3.63, 3.8) is 0 Å². The molecule has 4 N–H and O–H groups in total. The Balaban J connectivity index is 1.95. The molecule has 0 unspecified atom stereocenters. The molecule has 18 heavy (non-hydrogen) atoms. The van der Waals surface area contributed by atoms with Crippen molar-refractivity contribution in [3.05, 3.63) is 22.4 Å². The molecule has 8 heteroatoms. The summed E-state index contributed by atoms with van der Waals surface area (Å²) in [5.74, 6) is 5.96. The van der Waals surface area contributed by atoms with Crippen LogP contribution in [0.25, 0.3) is 0 Å². The van der Waals surface area contributed by atoms with E-state index in [9.17, 15) is 0 Å². The van der Waals surface area contributed by atoms with Crippen LogP contribution < -0.4 is 21.3 Å². The number of nitrogens with one attached hydrogen (secondary N) is 2. The number of nitrogen functional groups attached to an aromatic ring is 1. The third-order valence-corrected chi connectivity index (χ3v) is 2.94. The lowest BCUT2D eigenvalue weighted by Crippen LogP contribution is -2.15. The van der Waals surface area contributed by atoms with Gasteiger partial charge >= 0.3 is 6.01 Å². The standard InChI is InChI=1S/C10H14N6OS/c1-17-10-14-8(13-9(15-10)16-11)12-4-2-7-3-5-18-6-7/h3,5-6H,2,4,11H2,1H3,(H2,12,13,14,15,16). The van der Waals surface area contributed by atoms with Gasteiger partial charge < -0.3 is 10.1 Å². The lowest BCUT2D eigenvalue weighted by atomic mass is 10.2. The smallest absolute Gasteiger partial charge is 0.322 e. The summed E-state index contributed by atoms with van der Waals surface area (Å²) >= 11 is 1.68.